The van der Waals surface area contributed by atoms with Gasteiger partial charge in [-0.05, 0) is 47.5 Å². The number of hydrogen-bond donors (Lipinski definition) is 2. The molecule has 0 aliphatic heterocycles. The number of carbonyl (C=O) groups excluding carboxylic acids is 1. The van der Waals surface area contributed by atoms with Crippen LogP contribution >= 0.6 is 27.5 Å². The number of halogens is 2. The minimum absolute atomic E-state index is 0.361. The minimum atomic E-state index is -1.27. The number of benzene rings is 1. The van der Waals surface area contributed by atoms with Crippen molar-refractivity contribution in [1.29, 1.82) is 0 Å². The van der Waals surface area contributed by atoms with Crippen molar-refractivity contribution in [3.05, 3.63) is 33.3 Å². The molecule has 0 spiro atoms. The zero-order valence-electron chi connectivity index (χ0n) is 10.7. The second kappa shape index (κ2) is 6.39. The molecule has 0 aliphatic rings. The van der Waals surface area contributed by atoms with E-state index in [9.17, 15) is 14.7 Å². The maximum absolute atomic E-state index is 12.1. The molecule has 4 nitrogen and oxygen atoms in total. The third-order valence-corrected chi connectivity index (χ3v) is 4.01. The van der Waals surface area contributed by atoms with Gasteiger partial charge in [0.1, 0.15) is 5.54 Å². The Morgan fingerprint density at radius 2 is 2.11 bits per heavy atom. The number of carboxylic acids is 1. The van der Waals surface area contributed by atoms with Crippen LogP contribution in [0, 0.1) is 0 Å². The lowest BCUT2D eigenvalue weighted by molar-refractivity contribution is -0.144. The molecule has 1 aromatic rings. The first-order valence-electron chi connectivity index (χ1n) is 5.81. The van der Waals surface area contributed by atoms with E-state index in [1.54, 1.807) is 18.2 Å². The van der Waals surface area contributed by atoms with Gasteiger partial charge in [0.25, 0.3) is 5.91 Å². The van der Waals surface area contributed by atoms with Gasteiger partial charge < -0.3 is 10.4 Å². The smallest absolute Gasteiger partial charge is 0.329 e. The Labute approximate surface area is 125 Å². The van der Waals surface area contributed by atoms with Crippen molar-refractivity contribution < 1.29 is 14.7 Å². The molecule has 0 aromatic heterocycles. The Hall–Kier alpha value is -1.07. The summed E-state index contributed by atoms with van der Waals surface area (Å²) in [7, 11) is 0. The van der Waals surface area contributed by atoms with Crippen LogP contribution in [0.4, 0.5) is 0 Å². The number of amides is 1. The van der Waals surface area contributed by atoms with Gasteiger partial charge in [-0.3, -0.25) is 4.79 Å². The van der Waals surface area contributed by atoms with Crippen LogP contribution < -0.4 is 5.32 Å². The van der Waals surface area contributed by atoms with Gasteiger partial charge in [0.2, 0.25) is 0 Å². The fourth-order valence-corrected chi connectivity index (χ4v) is 2.18. The molecule has 0 radical (unpaired) electrons. The summed E-state index contributed by atoms with van der Waals surface area (Å²) in [5.41, 5.74) is -0.905. The predicted molar refractivity (Wildman–Crippen MR) is 77.6 cm³/mol. The normalized spacial score (nSPS) is 13.7. The summed E-state index contributed by atoms with van der Waals surface area (Å²) in [6.45, 7) is 3.37. The van der Waals surface area contributed by atoms with Crippen LogP contribution in [0.2, 0.25) is 5.02 Å². The standard InChI is InChI=1S/C13H15BrClNO3/c1-3-6-13(2,12(18)19)16-11(17)8-4-5-10(15)9(14)7-8/h4-5,7H,3,6H2,1-2H3,(H,16,17)(H,18,19). The van der Waals surface area contributed by atoms with Gasteiger partial charge in [0, 0.05) is 10.0 Å². The number of hydrogen-bond acceptors (Lipinski definition) is 2. The summed E-state index contributed by atoms with van der Waals surface area (Å²) in [5.74, 6) is -1.48. The Balaban J connectivity index is 2.94. The Morgan fingerprint density at radius 1 is 1.47 bits per heavy atom. The lowest BCUT2D eigenvalue weighted by Crippen LogP contribution is -2.52. The maximum Gasteiger partial charge on any atom is 0.329 e. The SMILES string of the molecule is CCCC(C)(NC(=O)c1ccc(Cl)c(Br)c1)C(=O)O. The molecule has 104 valence electrons. The molecule has 0 fully saturated rings. The molecule has 0 aliphatic carbocycles. The average molecular weight is 349 g/mol. The van der Waals surface area contributed by atoms with Crippen molar-refractivity contribution in [2.24, 2.45) is 0 Å². The second-order valence-electron chi connectivity index (χ2n) is 4.47. The third-order valence-electron chi connectivity index (χ3n) is 2.79. The molecule has 1 aromatic carbocycles. The molecule has 1 unspecified atom stereocenters. The number of rotatable bonds is 5. The van der Waals surface area contributed by atoms with Gasteiger partial charge in [-0.15, -0.1) is 0 Å². The second-order valence-corrected chi connectivity index (χ2v) is 5.73. The molecule has 2 N–H and O–H groups in total. The molecule has 0 saturated heterocycles. The van der Waals surface area contributed by atoms with E-state index >= 15 is 0 Å². The van der Waals surface area contributed by atoms with Gasteiger partial charge in [-0.1, -0.05) is 24.9 Å². The maximum atomic E-state index is 12.1. The van der Waals surface area contributed by atoms with Gasteiger partial charge in [-0.2, -0.15) is 0 Å². The van der Waals surface area contributed by atoms with Gasteiger partial charge in [-0.25, -0.2) is 4.79 Å². The van der Waals surface area contributed by atoms with Crippen molar-refractivity contribution in [1.82, 2.24) is 5.32 Å². The monoisotopic (exact) mass is 347 g/mol. The third kappa shape index (κ3) is 3.94. The highest BCUT2D eigenvalue weighted by Gasteiger charge is 2.34. The first kappa shape index (κ1) is 16.0. The molecule has 1 atom stereocenters. The highest BCUT2D eigenvalue weighted by atomic mass is 79.9. The summed E-state index contributed by atoms with van der Waals surface area (Å²) in [6, 6.07) is 4.70. The predicted octanol–water partition coefficient (Wildman–Crippen LogP) is 3.48. The van der Waals surface area contributed by atoms with Crippen LogP contribution in [0.25, 0.3) is 0 Å². The van der Waals surface area contributed by atoms with Crippen molar-refractivity contribution in [2.45, 2.75) is 32.2 Å². The highest BCUT2D eigenvalue weighted by Crippen LogP contribution is 2.23. The lowest BCUT2D eigenvalue weighted by Gasteiger charge is -2.25. The van der Waals surface area contributed by atoms with E-state index in [1.165, 1.54) is 6.92 Å². The van der Waals surface area contributed by atoms with Gasteiger partial charge in [0.15, 0.2) is 0 Å². The number of carbonyl (C=O) groups is 2. The summed E-state index contributed by atoms with van der Waals surface area (Å²) in [6.07, 6.45) is 1.02. The molecule has 0 bridgehead atoms. The van der Waals surface area contributed by atoms with Crippen LogP contribution in [-0.2, 0) is 4.79 Å². The number of nitrogens with one attached hydrogen (secondary N) is 1. The van der Waals surface area contributed by atoms with Crippen molar-refractivity contribution >= 4 is 39.4 Å². The summed E-state index contributed by atoms with van der Waals surface area (Å²) < 4.78 is 0.592. The van der Waals surface area contributed by atoms with Crippen LogP contribution in [-0.4, -0.2) is 22.5 Å². The number of carboxylic acid groups (broad SMARTS) is 1. The Morgan fingerprint density at radius 3 is 2.58 bits per heavy atom. The minimum Gasteiger partial charge on any atom is -0.480 e. The number of aliphatic carboxylic acids is 1. The Kier molecular flexibility index (Phi) is 5.38. The largest absolute Gasteiger partial charge is 0.480 e. The zero-order chi connectivity index (χ0) is 14.6. The van der Waals surface area contributed by atoms with E-state index in [2.05, 4.69) is 21.2 Å². The first-order valence-corrected chi connectivity index (χ1v) is 6.98. The first-order chi connectivity index (χ1) is 8.80. The van der Waals surface area contributed by atoms with E-state index in [1.807, 2.05) is 6.92 Å². The van der Waals surface area contributed by atoms with Crippen LogP contribution in [0.3, 0.4) is 0 Å². The lowest BCUT2D eigenvalue weighted by atomic mass is 9.96. The van der Waals surface area contributed by atoms with Crippen LogP contribution in [0.15, 0.2) is 22.7 Å². The summed E-state index contributed by atoms with van der Waals surface area (Å²) >= 11 is 9.07. The zero-order valence-corrected chi connectivity index (χ0v) is 13.0. The van der Waals surface area contributed by atoms with Gasteiger partial charge >= 0.3 is 5.97 Å². The Bertz CT molecular complexity index is 507. The quantitative estimate of drug-likeness (QED) is 0.856. The van der Waals surface area contributed by atoms with Gasteiger partial charge in [0.05, 0.1) is 5.02 Å². The molecular weight excluding hydrogens is 334 g/mol. The van der Waals surface area contributed by atoms with E-state index in [0.29, 0.717) is 27.9 Å². The van der Waals surface area contributed by atoms with E-state index in [-0.39, 0.29) is 0 Å². The molecule has 19 heavy (non-hydrogen) atoms. The van der Waals surface area contributed by atoms with Crippen molar-refractivity contribution in [2.75, 3.05) is 0 Å². The van der Waals surface area contributed by atoms with Crippen LogP contribution in [0.1, 0.15) is 37.0 Å². The summed E-state index contributed by atoms with van der Waals surface area (Å²) in [4.78, 5) is 23.3. The molecular formula is C13H15BrClNO3. The van der Waals surface area contributed by atoms with Crippen LogP contribution in [0.5, 0.6) is 0 Å². The highest BCUT2D eigenvalue weighted by molar-refractivity contribution is 9.10. The molecule has 6 heteroatoms. The molecule has 0 saturated carbocycles. The van der Waals surface area contributed by atoms with Crippen molar-refractivity contribution in [3.63, 3.8) is 0 Å². The molecule has 1 rings (SSSR count). The fourth-order valence-electron chi connectivity index (χ4n) is 1.68. The summed E-state index contributed by atoms with van der Waals surface area (Å²) in [5, 5.41) is 12.3. The molecule has 1 amide bonds. The van der Waals surface area contributed by atoms with E-state index in [0.717, 1.165) is 0 Å². The topological polar surface area (TPSA) is 66.4 Å². The fraction of sp³-hybridized carbons (Fsp3) is 0.385. The molecule has 0 heterocycles. The van der Waals surface area contributed by atoms with E-state index in [4.69, 9.17) is 11.6 Å². The van der Waals surface area contributed by atoms with E-state index < -0.39 is 17.4 Å². The average Bonchev–Trinajstić information content (AvgIpc) is 2.32. The van der Waals surface area contributed by atoms with Crippen molar-refractivity contribution in [3.8, 4) is 0 Å².